The van der Waals surface area contributed by atoms with Crippen molar-refractivity contribution >= 4 is 17.1 Å². The van der Waals surface area contributed by atoms with Crippen molar-refractivity contribution in [2.24, 2.45) is 5.92 Å². The first-order valence-corrected chi connectivity index (χ1v) is 8.38. The van der Waals surface area contributed by atoms with Gasteiger partial charge in [0.15, 0.2) is 5.78 Å². The van der Waals surface area contributed by atoms with Crippen molar-refractivity contribution in [1.82, 2.24) is 4.90 Å². The van der Waals surface area contributed by atoms with Gasteiger partial charge in [-0.05, 0) is 36.9 Å². The van der Waals surface area contributed by atoms with Crippen LogP contribution in [0, 0.1) is 5.92 Å². The van der Waals surface area contributed by atoms with E-state index in [0.29, 0.717) is 12.2 Å². The summed E-state index contributed by atoms with van der Waals surface area (Å²) in [6.45, 7) is 10.1. The molecule has 0 aliphatic rings. The topological polar surface area (TPSA) is 20.3 Å². The lowest BCUT2D eigenvalue weighted by molar-refractivity contribution is 0.0977. The Hall–Kier alpha value is -0.670. The highest BCUT2D eigenvalue weighted by Crippen LogP contribution is 2.14. The molecule has 0 bridgehead atoms. The third kappa shape index (κ3) is 5.87. The first-order chi connectivity index (χ1) is 9.21. The standard InChI is InChI=1S/C16H27NOS/c1-4-14(5-2)13-17(6-3)11-7-9-15(18)16-10-8-12-19-16/h8,10,12,14H,4-7,9,11,13H2,1-3H3. The quantitative estimate of drug-likeness (QED) is 0.590. The summed E-state index contributed by atoms with van der Waals surface area (Å²) in [7, 11) is 0. The number of ketones is 1. The molecule has 1 aromatic heterocycles. The maximum atomic E-state index is 11.9. The van der Waals surface area contributed by atoms with E-state index in [0.717, 1.165) is 30.3 Å². The maximum Gasteiger partial charge on any atom is 0.172 e. The number of Topliss-reactive ketones (excluding diaryl/α,β-unsaturated/α-hetero) is 1. The lowest BCUT2D eigenvalue weighted by Gasteiger charge is -2.25. The van der Waals surface area contributed by atoms with Gasteiger partial charge in [-0.1, -0.05) is 39.7 Å². The van der Waals surface area contributed by atoms with Crippen molar-refractivity contribution in [2.45, 2.75) is 46.5 Å². The Morgan fingerprint density at radius 1 is 1.32 bits per heavy atom. The third-order valence-electron chi connectivity index (χ3n) is 3.79. The lowest BCUT2D eigenvalue weighted by atomic mass is 10.0. The molecule has 0 fully saturated rings. The van der Waals surface area contributed by atoms with E-state index in [1.54, 1.807) is 11.3 Å². The van der Waals surface area contributed by atoms with E-state index >= 15 is 0 Å². The average Bonchev–Trinajstić information content (AvgIpc) is 2.96. The van der Waals surface area contributed by atoms with Gasteiger partial charge in [0.05, 0.1) is 4.88 Å². The van der Waals surface area contributed by atoms with Crippen LogP contribution in [-0.4, -0.2) is 30.3 Å². The molecule has 0 saturated heterocycles. The second kappa shape index (κ2) is 9.27. The Kier molecular flexibility index (Phi) is 7.99. The van der Waals surface area contributed by atoms with Crippen molar-refractivity contribution in [1.29, 1.82) is 0 Å². The van der Waals surface area contributed by atoms with Gasteiger partial charge in [0.2, 0.25) is 0 Å². The molecule has 0 spiro atoms. The molecule has 19 heavy (non-hydrogen) atoms. The fourth-order valence-electron chi connectivity index (χ4n) is 2.31. The summed E-state index contributed by atoms with van der Waals surface area (Å²) in [5.41, 5.74) is 0. The van der Waals surface area contributed by atoms with E-state index in [1.807, 2.05) is 17.5 Å². The molecule has 0 aromatic carbocycles. The SMILES string of the molecule is CCC(CC)CN(CC)CCCC(=O)c1cccs1. The van der Waals surface area contributed by atoms with Crippen LogP contribution in [0.1, 0.15) is 56.1 Å². The van der Waals surface area contributed by atoms with Crippen LogP contribution in [0.2, 0.25) is 0 Å². The highest BCUT2D eigenvalue weighted by atomic mass is 32.1. The minimum absolute atomic E-state index is 0.300. The van der Waals surface area contributed by atoms with E-state index in [4.69, 9.17) is 0 Å². The minimum atomic E-state index is 0.300. The summed E-state index contributed by atoms with van der Waals surface area (Å²) in [6.07, 6.45) is 4.16. The maximum absolute atomic E-state index is 11.9. The summed E-state index contributed by atoms with van der Waals surface area (Å²) in [4.78, 5) is 15.3. The van der Waals surface area contributed by atoms with Crippen LogP contribution in [0.3, 0.4) is 0 Å². The molecule has 0 aliphatic carbocycles. The van der Waals surface area contributed by atoms with Crippen molar-refractivity contribution in [3.63, 3.8) is 0 Å². The minimum Gasteiger partial charge on any atom is -0.303 e. The van der Waals surface area contributed by atoms with Gasteiger partial charge >= 0.3 is 0 Å². The van der Waals surface area contributed by atoms with Crippen LogP contribution in [0.15, 0.2) is 17.5 Å². The van der Waals surface area contributed by atoms with Gasteiger partial charge in [-0.15, -0.1) is 11.3 Å². The number of nitrogens with zero attached hydrogens (tertiary/aromatic N) is 1. The van der Waals surface area contributed by atoms with Crippen molar-refractivity contribution in [3.05, 3.63) is 22.4 Å². The average molecular weight is 281 g/mol. The number of carbonyl (C=O) groups excluding carboxylic acids is 1. The number of hydrogen-bond acceptors (Lipinski definition) is 3. The first-order valence-electron chi connectivity index (χ1n) is 7.50. The molecule has 0 saturated carbocycles. The fourth-order valence-corrected chi connectivity index (χ4v) is 3.01. The van der Waals surface area contributed by atoms with E-state index in [1.165, 1.54) is 19.4 Å². The van der Waals surface area contributed by atoms with E-state index < -0.39 is 0 Å². The summed E-state index contributed by atoms with van der Waals surface area (Å²) >= 11 is 1.55. The normalized spacial score (nSPS) is 11.4. The first kappa shape index (κ1) is 16.4. The molecular formula is C16H27NOS. The van der Waals surface area contributed by atoms with Gasteiger partial charge in [-0.25, -0.2) is 0 Å². The lowest BCUT2D eigenvalue weighted by Crippen LogP contribution is -2.30. The number of hydrogen-bond donors (Lipinski definition) is 0. The Morgan fingerprint density at radius 2 is 2.05 bits per heavy atom. The number of carbonyl (C=O) groups is 1. The number of rotatable bonds is 10. The Balaban J connectivity index is 2.27. The molecule has 0 N–H and O–H groups in total. The second-order valence-corrected chi connectivity index (χ2v) is 6.03. The van der Waals surface area contributed by atoms with E-state index in [-0.39, 0.29) is 0 Å². The van der Waals surface area contributed by atoms with Gasteiger partial charge in [0, 0.05) is 13.0 Å². The Morgan fingerprint density at radius 3 is 2.58 bits per heavy atom. The smallest absolute Gasteiger partial charge is 0.172 e. The Labute approximate surface area is 121 Å². The van der Waals surface area contributed by atoms with E-state index in [2.05, 4.69) is 25.7 Å². The van der Waals surface area contributed by atoms with E-state index in [9.17, 15) is 4.79 Å². The van der Waals surface area contributed by atoms with Crippen LogP contribution in [-0.2, 0) is 0 Å². The van der Waals surface area contributed by atoms with Gasteiger partial charge in [0.25, 0.3) is 0 Å². The highest BCUT2D eigenvalue weighted by Gasteiger charge is 2.11. The van der Waals surface area contributed by atoms with Crippen LogP contribution in [0.25, 0.3) is 0 Å². The molecular weight excluding hydrogens is 254 g/mol. The van der Waals surface area contributed by atoms with Crippen LogP contribution in [0.4, 0.5) is 0 Å². The van der Waals surface area contributed by atoms with Gasteiger partial charge in [0.1, 0.15) is 0 Å². The molecule has 108 valence electrons. The number of thiophene rings is 1. The second-order valence-electron chi connectivity index (χ2n) is 5.08. The molecule has 0 radical (unpaired) electrons. The Bertz CT molecular complexity index is 344. The summed E-state index contributed by atoms with van der Waals surface area (Å²) in [5.74, 6) is 1.10. The van der Waals surface area contributed by atoms with Gasteiger partial charge < -0.3 is 4.90 Å². The van der Waals surface area contributed by atoms with Crippen LogP contribution >= 0.6 is 11.3 Å². The molecule has 0 amide bonds. The van der Waals surface area contributed by atoms with Crippen molar-refractivity contribution in [2.75, 3.05) is 19.6 Å². The molecule has 1 aromatic rings. The summed E-state index contributed by atoms with van der Waals surface area (Å²) in [6, 6.07) is 3.87. The largest absolute Gasteiger partial charge is 0.303 e. The van der Waals surface area contributed by atoms with Crippen molar-refractivity contribution in [3.8, 4) is 0 Å². The summed E-state index contributed by atoms with van der Waals surface area (Å²) in [5, 5.41) is 1.97. The molecule has 2 nitrogen and oxygen atoms in total. The third-order valence-corrected chi connectivity index (χ3v) is 4.70. The van der Waals surface area contributed by atoms with Gasteiger partial charge in [-0.3, -0.25) is 4.79 Å². The molecule has 0 unspecified atom stereocenters. The van der Waals surface area contributed by atoms with Gasteiger partial charge in [-0.2, -0.15) is 0 Å². The predicted molar refractivity (Wildman–Crippen MR) is 84.1 cm³/mol. The molecule has 0 aliphatic heterocycles. The zero-order valence-corrected chi connectivity index (χ0v) is 13.3. The van der Waals surface area contributed by atoms with Crippen molar-refractivity contribution < 1.29 is 4.79 Å². The predicted octanol–water partition coefficient (Wildman–Crippen LogP) is 4.47. The zero-order valence-electron chi connectivity index (χ0n) is 12.5. The summed E-state index contributed by atoms with van der Waals surface area (Å²) < 4.78 is 0. The molecule has 1 heterocycles. The zero-order chi connectivity index (χ0) is 14.1. The fraction of sp³-hybridized carbons (Fsp3) is 0.688. The van der Waals surface area contributed by atoms with Crippen LogP contribution < -0.4 is 0 Å². The molecule has 1 rings (SSSR count). The molecule has 3 heteroatoms. The monoisotopic (exact) mass is 281 g/mol. The molecule has 0 atom stereocenters. The van der Waals surface area contributed by atoms with Crippen LogP contribution in [0.5, 0.6) is 0 Å². The highest BCUT2D eigenvalue weighted by molar-refractivity contribution is 7.12.